The first-order valence-electron chi connectivity index (χ1n) is 9.26. The number of nitrogens with zero attached hydrogens (tertiary/aromatic N) is 2. The quantitative estimate of drug-likeness (QED) is 0.185. The molecule has 2 heterocycles. The number of thioether (sulfide) groups is 1. The number of benzene rings is 3. The van der Waals surface area contributed by atoms with Crippen LogP contribution >= 0.6 is 24.0 Å². The van der Waals surface area contributed by atoms with Gasteiger partial charge in [-0.05, 0) is 51.4 Å². The number of imide groups is 1. The molecule has 1 aromatic heterocycles. The highest BCUT2D eigenvalue weighted by molar-refractivity contribution is 8.26. The van der Waals surface area contributed by atoms with E-state index in [2.05, 4.69) is 23.2 Å². The van der Waals surface area contributed by atoms with Crippen molar-refractivity contribution in [2.75, 3.05) is 0 Å². The highest BCUT2D eigenvalue weighted by atomic mass is 32.2. The maximum absolute atomic E-state index is 13.1. The third-order valence-corrected chi connectivity index (χ3v) is 6.31. The third-order valence-electron chi connectivity index (χ3n) is 5.01. The molecule has 0 N–H and O–H groups in total. The van der Waals surface area contributed by atoms with Crippen molar-refractivity contribution in [2.45, 2.75) is 0 Å². The molecule has 1 aliphatic rings. The normalized spacial score (nSPS) is 15.5. The van der Waals surface area contributed by atoms with Crippen LogP contribution in [0.25, 0.3) is 27.6 Å². The molecule has 0 bridgehead atoms. The lowest BCUT2D eigenvalue weighted by atomic mass is 9.96. The number of pyridine rings is 1. The van der Waals surface area contributed by atoms with Crippen molar-refractivity contribution in [1.29, 1.82) is 0 Å². The minimum atomic E-state index is -0.439. The molecule has 144 valence electrons. The van der Waals surface area contributed by atoms with E-state index in [1.54, 1.807) is 12.1 Å². The predicted octanol–water partition coefficient (Wildman–Crippen LogP) is 5.43. The summed E-state index contributed by atoms with van der Waals surface area (Å²) in [7, 11) is 0. The summed E-state index contributed by atoms with van der Waals surface area (Å²) >= 11 is 6.52. The molecule has 1 fully saturated rings. The molecule has 0 spiro atoms. The Morgan fingerprint density at radius 3 is 2.17 bits per heavy atom. The van der Waals surface area contributed by atoms with Crippen molar-refractivity contribution in [3.63, 3.8) is 0 Å². The Morgan fingerprint density at radius 2 is 1.53 bits per heavy atom. The Bertz CT molecular complexity index is 1330. The molecule has 5 rings (SSSR count). The molecule has 0 aliphatic carbocycles. The molecular weight excluding hydrogens is 412 g/mol. The minimum absolute atomic E-state index is 0.234. The highest BCUT2D eigenvalue weighted by Gasteiger charge is 2.37. The molecule has 0 atom stereocenters. The fourth-order valence-electron chi connectivity index (χ4n) is 3.60. The second kappa shape index (κ2) is 7.48. The summed E-state index contributed by atoms with van der Waals surface area (Å²) in [6.07, 6.45) is 4.88. The molecule has 2 amide bonds. The van der Waals surface area contributed by atoms with Gasteiger partial charge in [-0.15, -0.1) is 0 Å². The van der Waals surface area contributed by atoms with Crippen molar-refractivity contribution in [3.8, 4) is 0 Å². The minimum Gasteiger partial charge on any atom is -0.268 e. The Balaban J connectivity index is 1.64. The first-order chi connectivity index (χ1) is 14.6. The van der Waals surface area contributed by atoms with Crippen LogP contribution in [-0.2, 0) is 4.79 Å². The number of aromatic nitrogens is 1. The molecule has 1 aliphatic heterocycles. The van der Waals surface area contributed by atoms with Crippen molar-refractivity contribution in [1.82, 2.24) is 9.88 Å². The second-order valence-corrected chi connectivity index (χ2v) is 8.47. The first-order valence-corrected chi connectivity index (χ1v) is 10.5. The van der Waals surface area contributed by atoms with E-state index < -0.39 is 11.8 Å². The Labute approximate surface area is 182 Å². The van der Waals surface area contributed by atoms with Crippen molar-refractivity contribution < 1.29 is 9.59 Å². The van der Waals surface area contributed by atoms with Crippen LogP contribution in [0.3, 0.4) is 0 Å². The van der Waals surface area contributed by atoms with Gasteiger partial charge in [0.2, 0.25) is 0 Å². The zero-order valence-corrected chi connectivity index (χ0v) is 17.2. The number of amides is 2. The maximum Gasteiger partial charge on any atom is 0.273 e. The van der Waals surface area contributed by atoms with Crippen LogP contribution in [-0.4, -0.2) is 26.0 Å². The van der Waals surface area contributed by atoms with Crippen LogP contribution < -0.4 is 0 Å². The Kier molecular flexibility index (Phi) is 4.65. The Hall–Kier alpha value is -3.35. The molecule has 0 radical (unpaired) electrons. The van der Waals surface area contributed by atoms with E-state index in [0.717, 1.165) is 43.8 Å². The van der Waals surface area contributed by atoms with Crippen molar-refractivity contribution in [3.05, 3.63) is 95.2 Å². The number of thiocarbonyl (C=S) groups is 1. The summed E-state index contributed by atoms with van der Waals surface area (Å²) in [6.45, 7) is 0. The smallest absolute Gasteiger partial charge is 0.268 e. The van der Waals surface area contributed by atoms with Gasteiger partial charge >= 0.3 is 0 Å². The molecule has 4 aromatic rings. The first kappa shape index (κ1) is 18.7. The van der Waals surface area contributed by atoms with Gasteiger partial charge in [-0.3, -0.25) is 14.6 Å². The number of fused-ring (bicyclic) bond motifs is 2. The van der Waals surface area contributed by atoms with E-state index in [-0.39, 0.29) is 4.32 Å². The largest absolute Gasteiger partial charge is 0.273 e. The number of carbonyl (C=O) groups is 2. The van der Waals surface area contributed by atoms with Gasteiger partial charge in [-0.25, -0.2) is 4.90 Å². The molecule has 4 nitrogen and oxygen atoms in total. The van der Waals surface area contributed by atoms with Crippen LogP contribution in [0.1, 0.15) is 15.9 Å². The number of carbonyl (C=O) groups excluding carboxylic acids is 2. The summed E-state index contributed by atoms with van der Waals surface area (Å²) in [4.78, 5) is 31.4. The molecular formula is C24H14N2O2S2. The second-order valence-electron chi connectivity index (χ2n) is 6.79. The van der Waals surface area contributed by atoms with Gasteiger partial charge in [-0.2, -0.15) is 0 Å². The average molecular weight is 427 g/mol. The SMILES string of the molecule is O=C1C(=Cc2c3ccccc3cc3ccccc23)SC(=S)N1C(=O)c1ccncc1. The van der Waals surface area contributed by atoms with Gasteiger partial charge in [0, 0.05) is 18.0 Å². The van der Waals surface area contributed by atoms with E-state index >= 15 is 0 Å². The van der Waals surface area contributed by atoms with Gasteiger partial charge in [0.25, 0.3) is 11.8 Å². The number of hydrogen-bond acceptors (Lipinski definition) is 5. The van der Waals surface area contributed by atoms with E-state index in [0.29, 0.717) is 10.5 Å². The molecule has 0 saturated carbocycles. The van der Waals surface area contributed by atoms with Crippen LogP contribution in [0.5, 0.6) is 0 Å². The topological polar surface area (TPSA) is 50.3 Å². The van der Waals surface area contributed by atoms with E-state index in [9.17, 15) is 9.59 Å². The zero-order chi connectivity index (χ0) is 20.7. The van der Waals surface area contributed by atoms with E-state index in [1.807, 2.05) is 42.5 Å². The molecule has 30 heavy (non-hydrogen) atoms. The summed E-state index contributed by atoms with van der Waals surface area (Å²) in [5.41, 5.74) is 1.32. The van der Waals surface area contributed by atoms with E-state index in [4.69, 9.17) is 12.2 Å². The molecule has 0 unspecified atom stereocenters. The summed E-state index contributed by atoms with van der Waals surface area (Å²) in [5.74, 6) is -0.838. The highest BCUT2D eigenvalue weighted by Crippen LogP contribution is 2.37. The van der Waals surface area contributed by atoms with Gasteiger partial charge in [0.05, 0.1) is 4.91 Å². The fraction of sp³-hybridized carbons (Fsp3) is 0. The van der Waals surface area contributed by atoms with E-state index in [1.165, 1.54) is 12.4 Å². The van der Waals surface area contributed by atoms with Gasteiger partial charge in [-0.1, -0.05) is 72.5 Å². The fourth-order valence-corrected chi connectivity index (χ4v) is 4.84. The predicted molar refractivity (Wildman–Crippen MR) is 125 cm³/mol. The Morgan fingerprint density at radius 1 is 0.933 bits per heavy atom. The monoisotopic (exact) mass is 426 g/mol. The van der Waals surface area contributed by atoms with Crippen molar-refractivity contribution >= 4 is 67.7 Å². The van der Waals surface area contributed by atoms with Gasteiger partial charge in [0.15, 0.2) is 4.32 Å². The molecule has 3 aromatic carbocycles. The van der Waals surface area contributed by atoms with Gasteiger partial charge < -0.3 is 0 Å². The zero-order valence-electron chi connectivity index (χ0n) is 15.6. The summed E-state index contributed by atoms with van der Waals surface area (Å²) < 4.78 is 0.234. The van der Waals surface area contributed by atoms with Crippen LogP contribution in [0.4, 0.5) is 0 Å². The summed E-state index contributed by atoms with van der Waals surface area (Å²) in [5, 5.41) is 4.26. The lowest BCUT2D eigenvalue weighted by Gasteiger charge is -2.12. The average Bonchev–Trinajstić information content (AvgIpc) is 3.06. The number of rotatable bonds is 2. The maximum atomic E-state index is 13.1. The molecule has 6 heteroatoms. The van der Waals surface area contributed by atoms with Crippen molar-refractivity contribution in [2.24, 2.45) is 0 Å². The van der Waals surface area contributed by atoms with Gasteiger partial charge in [0.1, 0.15) is 0 Å². The lowest BCUT2D eigenvalue weighted by Crippen LogP contribution is -2.34. The van der Waals surface area contributed by atoms with Crippen LogP contribution in [0.2, 0.25) is 0 Å². The number of hydrogen-bond donors (Lipinski definition) is 0. The standard InChI is InChI=1S/C24H14N2O2S2/c27-22(15-9-11-25-12-10-15)26-23(28)21(30-24(26)29)14-20-18-7-3-1-5-16(18)13-17-6-2-4-8-19(17)20/h1-14H. The lowest BCUT2D eigenvalue weighted by molar-refractivity contribution is -0.120. The van der Waals surface area contributed by atoms with Crippen LogP contribution in [0.15, 0.2) is 84.0 Å². The summed E-state index contributed by atoms with van der Waals surface area (Å²) in [6, 6.07) is 21.4. The third kappa shape index (κ3) is 3.10. The molecule has 1 saturated heterocycles. The van der Waals surface area contributed by atoms with Crippen LogP contribution in [0, 0.1) is 0 Å².